The first-order valence-corrected chi connectivity index (χ1v) is 8.61. The maximum atomic E-state index is 6.19. The van der Waals surface area contributed by atoms with E-state index in [9.17, 15) is 0 Å². The molecule has 2 nitrogen and oxygen atoms in total. The van der Waals surface area contributed by atoms with Gasteiger partial charge in [0.2, 0.25) is 0 Å². The van der Waals surface area contributed by atoms with Crippen LogP contribution in [0.15, 0.2) is 24.3 Å². The van der Waals surface area contributed by atoms with Gasteiger partial charge in [0.25, 0.3) is 0 Å². The average molecular weight is 287 g/mol. The van der Waals surface area contributed by atoms with Gasteiger partial charge in [0.15, 0.2) is 0 Å². The molecule has 1 N–H and O–H groups in total. The Balaban J connectivity index is 1.77. The van der Waals surface area contributed by atoms with E-state index in [-0.39, 0.29) is 0 Å². The van der Waals surface area contributed by atoms with Crippen molar-refractivity contribution >= 4 is 0 Å². The highest BCUT2D eigenvalue weighted by Crippen LogP contribution is 2.49. The molecule has 2 aliphatic rings. The van der Waals surface area contributed by atoms with Crippen molar-refractivity contribution in [3.63, 3.8) is 0 Å². The number of rotatable bonds is 7. The molecule has 0 amide bonds. The van der Waals surface area contributed by atoms with Gasteiger partial charge in [0.1, 0.15) is 0 Å². The molecule has 1 saturated carbocycles. The lowest BCUT2D eigenvalue weighted by atomic mass is 9.74. The molecular weight excluding hydrogens is 258 g/mol. The van der Waals surface area contributed by atoms with E-state index in [4.69, 9.17) is 4.74 Å². The number of ether oxygens (including phenoxy) is 1. The van der Waals surface area contributed by atoms with Crippen LogP contribution in [0.5, 0.6) is 0 Å². The topological polar surface area (TPSA) is 21.3 Å². The SMILES string of the molecule is CCCNCC1(Cc2cccc(C)c2)CCOC1C1CC1. The summed E-state index contributed by atoms with van der Waals surface area (Å²) in [5, 5.41) is 3.69. The van der Waals surface area contributed by atoms with E-state index in [0.29, 0.717) is 11.5 Å². The second-order valence-corrected chi connectivity index (χ2v) is 7.08. The summed E-state index contributed by atoms with van der Waals surface area (Å²) in [5.41, 5.74) is 3.15. The minimum atomic E-state index is 0.310. The molecule has 1 aliphatic heterocycles. The van der Waals surface area contributed by atoms with Crippen molar-refractivity contribution in [3.05, 3.63) is 35.4 Å². The standard InChI is InChI=1S/C19H29NO/c1-3-10-20-14-19(9-11-21-18(19)17-7-8-17)13-16-6-4-5-15(2)12-16/h4-6,12,17-18,20H,3,7-11,13-14H2,1-2H3. The molecule has 2 heteroatoms. The molecule has 21 heavy (non-hydrogen) atoms. The van der Waals surface area contributed by atoms with Crippen molar-refractivity contribution < 1.29 is 4.74 Å². The quantitative estimate of drug-likeness (QED) is 0.772. The zero-order valence-corrected chi connectivity index (χ0v) is 13.5. The summed E-state index contributed by atoms with van der Waals surface area (Å²) in [4.78, 5) is 0. The van der Waals surface area contributed by atoms with Crippen LogP contribution in [0.2, 0.25) is 0 Å². The molecule has 2 fully saturated rings. The molecule has 3 rings (SSSR count). The summed E-state index contributed by atoms with van der Waals surface area (Å²) in [6.45, 7) is 7.60. The first-order valence-electron chi connectivity index (χ1n) is 8.61. The van der Waals surface area contributed by atoms with Crippen LogP contribution < -0.4 is 5.32 Å². The molecule has 2 atom stereocenters. The van der Waals surface area contributed by atoms with E-state index in [0.717, 1.165) is 32.0 Å². The Bertz CT molecular complexity index is 468. The lowest BCUT2D eigenvalue weighted by Gasteiger charge is -2.35. The average Bonchev–Trinajstić information content (AvgIpc) is 3.22. The van der Waals surface area contributed by atoms with E-state index in [2.05, 4.69) is 43.4 Å². The highest BCUT2D eigenvalue weighted by atomic mass is 16.5. The van der Waals surface area contributed by atoms with Gasteiger partial charge in [-0.3, -0.25) is 0 Å². The van der Waals surface area contributed by atoms with Crippen molar-refractivity contribution in [1.29, 1.82) is 0 Å². The molecule has 1 aliphatic carbocycles. The molecule has 116 valence electrons. The van der Waals surface area contributed by atoms with Crippen LogP contribution in [0, 0.1) is 18.3 Å². The fourth-order valence-electron chi connectivity index (χ4n) is 3.93. The summed E-state index contributed by atoms with van der Waals surface area (Å²) in [5.74, 6) is 0.820. The number of hydrogen-bond donors (Lipinski definition) is 1. The van der Waals surface area contributed by atoms with Crippen molar-refractivity contribution in [1.82, 2.24) is 5.32 Å². The summed E-state index contributed by atoms with van der Waals surface area (Å²) in [6.07, 6.45) is 6.78. The third-order valence-corrected chi connectivity index (χ3v) is 5.09. The lowest BCUT2D eigenvalue weighted by Crippen LogP contribution is -2.43. The van der Waals surface area contributed by atoms with Gasteiger partial charge in [0.05, 0.1) is 6.10 Å². The minimum Gasteiger partial charge on any atom is -0.377 e. The van der Waals surface area contributed by atoms with Gasteiger partial charge in [-0.1, -0.05) is 36.8 Å². The van der Waals surface area contributed by atoms with Gasteiger partial charge in [0, 0.05) is 18.6 Å². The molecule has 1 heterocycles. The third-order valence-electron chi connectivity index (χ3n) is 5.09. The van der Waals surface area contributed by atoms with Gasteiger partial charge in [-0.2, -0.15) is 0 Å². The van der Waals surface area contributed by atoms with Gasteiger partial charge in [-0.25, -0.2) is 0 Å². The van der Waals surface area contributed by atoms with Crippen molar-refractivity contribution in [3.8, 4) is 0 Å². The van der Waals surface area contributed by atoms with Crippen LogP contribution in [0.3, 0.4) is 0 Å². The summed E-state index contributed by atoms with van der Waals surface area (Å²) in [6, 6.07) is 9.02. The molecular formula is C19H29NO. The highest BCUT2D eigenvalue weighted by Gasteiger charge is 2.50. The maximum Gasteiger partial charge on any atom is 0.0675 e. The van der Waals surface area contributed by atoms with Crippen LogP contribution in [0.4, 0.5) is 0 Å². The molecule has 1 aromatic rings. The van der Waals surface area contributed by atoms with Gasteiger partial charge >= 0.3 is 0 Å². The van der Waals surface area contributed by atoms with E-state index in [1.807, 2.05) is 0 Å². The Hall–Kier alpha value is -0.860. The van der Waals surface area contributed by atoms with E-state index in [1.165, 1.54) is 36.8 Å². The van der Waals surface area contributed by atoms with E-state index in [1.54, 1.807) is 0 Å². The van der Waals surface area contributed by atoms with Crippen LogP contribution in [0.1, 0.15) is 43.7 Å². The predicted octanol–water partition coefficient (Wildman–Crippen LogP) is 3.72. The Labute approximate surface area is 129 Å². The fourth-order valence-corrected chi connectivity index (χ4v) is 3.93. The van der Waals surface area contributed by atoms with Crippen molar-refractivity contribution in [2.75, 3.05) is 19.7 Å². The summed E-state index contributed by atoms with van der Waals surface area (Å²) >= 11 is 0. The van der Waals surface area contributed by atoms with Gasteiger partial charge < -0.3 is 10.1 Å². The zero-order chi connectivity index (χ0) is 14.7. The second-order valence-electron chi connectivity index (χ2n) is 7.08. The van der Waals surface area contributed by atoms with Gasteiger partial charge in [-0.05, 0) is 57.1 Å². The first-order chi connectivity index (χ1) is 10.2. The summed E-state index contributed by atoms with van der Waals surface area (Å²) in [7, 11) is 0. The number of aryl methyl sites for hydroxylation is 1. The first kappa shape index (κ1) is 15.1. The molecule has 1 aromatic carbocycles. The lowest BCUT2D eigenvalue weighted by molar-refractivity contribution is 0.0307. The molecule has 2 unspecified atom stereocenters. The Morgan fingerprint density at radius 3 is 2.90 bits per heavy atom. The molecule has 0 spiro atoms. The number of nitrogens with one attached hydrogen (secondary N) is 1. The van der Waals surface area contributed by atoms with Crippen molar-refractivity contribution in [2.45, 2.75) is 52.1 Å². The molecule has 1 saturated heterocycles. The molecule has 0 bridgehead atoms. The van der Waals surface area contributed by atoms with Crippen LogP contribution in [-0.4, -0.2) is 25.8 Å². The Morgan fingerprint density at radius 1 is 1.33 bits per heavy atom. The maximum absolute atomic E-state index is 6.19. The normalized spacial score (nSPS) is 29.0. The Kier molecular flexibility index (Phi) is 4.66. The van der Waals surface area contributed by atoms with Crippen LogP contribution in [0.25, 0.3) is 0 Å². The van der Waals surface area contributed by atoms with Crippen LogP contribution in [-0.2, 0) is 11.2 Å². The third kappa shape index (κ3) is 3.49. The van der Waals surface area contributed by atoms with E-state index < -0.39 is 0 Å². The highest BCUT2D eigenvalue weighted by molar-refractivity contribution is 5.24. The Morgan fingerprint density at radius 2 is 2.19 bits per heavy atom. The van der Waals surface area contributed by atoms with Crippen LogP contribution >= 0.6 is 0 Å². The molecule has 0 aromatic heterocycles. The zero-order valence-electron chi connectivity index (χ0n) is 13.5. The number of benzene rings is 1. The van der Waals surface area contributed by atoms with Gasteiger partial charge in [-0.15, -0.1) is 0 Å². The molecule has 0 radical (unpaired) electrons. The largest absolute Gasteiger partial charge is 0.377 e. The minimum absolute atomic E-state index is 0.310. The monoisotopic (exact) mass is 287 g/mol. The smallest absolute Gasteiger partial charge is 0.0675 e. The predicted molar refractivity (Wildman–Crippen MR) is 87.6 cm³/mol. The second kappa shape index (κ2) is 6.50. The summed E-state index contributed by atoms with van der Waals surface area (Å²) < 4.78 is 6.19. The number of hydrogen-bond acceptors (Lipinski definition) is 2. The van der Waals surface area contributed by atoms with Crippen molar-refractivity contribution in [2.24, 2.45) is 11.3 Å². The van der Waals surface area contributed by atoms with E-state index >= 15 is 0 Å². The fraction of sp³-hybridized carbons (Fsp3) is 0.684.